The molecule has 1 saturated heterocycles. The predicted molar refractivity (Wildman–Crippen MR) is 63.3 cm³/mol. The van der Waals surface area contributed by atoms with Crippen molar-refractivity contribution in [1.82, 2.24) is 0 Å². The first-order valence-corrected chi connectivity index (χ1v) is 5.78. The fourth-order valence-corrected chi connectivity index (χ4v) is 2.00. The molecule has 1 aromatic carbocycles. The second-order valence-corrected chi connectivity index (χ2v) is 4.16. The number of imide groups is 1. The molecule has 2 amide bonds. The van der Waals surface area contributed by atoms with Crippen LogP contribution in [-0.2, 0) is 16.2 Å². The number of aliphatic hydroxyl groups is 1. The van der Waals surface area contributed by atoms with Gasteiger partial charge in [0.15, 0.2) is 0 Å². The molecule has 1 N–H and O–H groups in total. The van der Waals surface area contributed by atoms with Crippen LogP contribution in [0.15, 0.2) is 24.3 Å². The Morgan fingerprint density at radius 3 is 2.35 bits per heavy atom. The first-order chi connectivity index (χ1) is 8.22. The molecule has 0 saturated carbocycles. The molecule has 2 rings (SSSR count). The number of rotatable bonds is 2. The zero-order valence-electron chi connectivity index (χ0n) is 9.56. The molecule has 0 atom stereocenters. The Balaban J connectivity index is 2.34. The van der Waals surface area contributed by atoms with Crippen LogP contribution >= 0.6 is 0 Å². The maximum Gasteiger partial charge on any atom is 0.233 e. The van der Waals surface area contributed by atoms with Crippen molar-refractivity contribution >= 4 is 17.5 Å². The Kier molecular flexibility index (Phi) is 3.54. The number of hydrogen-bond acceptors (Lipinski definition) is 3. The van der Waals surface area contributed by atoms with E-state index < -0.39 is 0 Å². The monoisotopic (exact) mass is 233 g/mol. The molecule has 1 heterocycles. The summed E-state index contributed by atoms with van der Waals surface area (Å²) >= 11 is 0. The van der Waals surface area contributed by atoms with Gasteiger partial charge in [-0.2, -0.15) is 0 Å². The van der Waals surface area contributed by atoms with Gasteiger partial charge in [0.1, 0.15) is 0 Å². The van der Waals surface area contributed by atoms with Gasteiger partial charge in [-0.1, -0.05) is 12.1 Å². The van der Waals surface area contributed by atoms with Gasteiger partial charge >= 0.3 is 0 Å². The fourth-order valence-electron chi connectivity index (χ4n) is 2.00. The van der Waals surface area contributed by atoms with Crippen LogP contribution in [0.1, 0.15) is 31.2 Å². The van der Waals surface area contributed by atoms with Gasteiger partial charge in [0.2, 0.25) is 11.8 Å². The standard InChI is InChI=1S/C13H15NO3/c15-9-10-4-3-5-11(8-10)14-12(16)6-1-2-7-13(14)17/h3-5,8,15H,1-2,6-7,9H2. The summed E-state index contributed by atoms with van der Waals surface area (Å²) in [5.41, 5.74) is 1.26. The molecule has 0 unspecified atom stereocenters. The fraction of sp³-hybridized carbons (Fsp3) is 0.385. The minimum Gasteiger partial charge on any atom is -0.392 e. The summed E-state index contributed by atoms with van der Waals surface area (Å²) in [6.45, 7) is -0.0932. The summed E-state index contributed by atoms with van der Waals surface area (Å²) in [6, 6.07) is 6.91. The van der Waals surface area contributed by atoms with Crippen LogP contribution in [-0.4, -0.2) is 16.9 Å². The molecule has 0 spiro atoms. The van der Waals surface area contributed by atoms with Crippen molar-refractivity contribution in [3.63, 3.8) is 0 Å². The number of amides is 2. The first kappa shape index (κ1) is 11.8. The van der Waals surface area contributed by atoms with Crippen LogP contribution in [0.25, 0.3) is 0 Å². The third-order valence-corrected chi connectivity index (χ3v) is 2.88. The summed E-state index contributed by atoms with van der Waals surface area (Å²) in [5.74, 6) is -0.301. The number of nitrogens with zero attached hydrogens (tertiary/aromatic N) is 1. The topological polar surface area (TPSA) is 57.6 Å². The van der Waals surface area contributed by atoms with Gasteiger partial charge in [0, 0.05) is 12.8 Å². The molecule has 0 aromatic heterocycles. The van der Waals surface area contributed by atoms with Crippen LogP contribution < -0.4 is 4.90 Å². The normalized spacial score (nSPS) is 17.1. The number of carbonyl (C=O) groups excluding carboxylic acids is 2. The molecular formula is C13H15NO3. The van der Waals surface area contributed by atoms with E-state index in [0.29, 0.717) is 24.1 Å². The van der Waals surface area contributed by atoms with Crippen molar-refractivity contribution < 1.29 is 14.7 Å². The molecular weight excluding hydrogens is 218 g/mol. The number of aliphatic hydroxyl groups excluding tert-OH is 1. The summed E-state index contributed by atoms with van der Waals surface area (Å²) < 4.78 is 0. The minimum atomic E-state index is -0.150. The van der Waals surface area contributed by atoms with Crippen molar-refractivity contribution in [2.75, 3.05) is 4.90 Å². The smallest absolute Gasteiger partial charge is 0.233 e. The van der Waals surface area contributed by atoms with E-state index in [9.17, 15) is 9.59 Å². The number of benzene rings is 1. The maximum atomic E-state index is 11.9. The second-order valence-electron chi connectivity index (χ2n) is 4.16. The van der Waals surface area contributed by atoms with Crippen LogP contribution in [0, 0.1) is 0 Å². The summed E-state index contributed by atoms with van der Waals surface area (Å²) in [4.78, 5) is 25.0. The Bertz CT molecular complexity index is 424. The van der Waals surface area contributed by atoms with Crippen LogP contribution in [0.5, 0.6) is 0 Å². The van der Waals surface area contributed by atoms with Crippen molar-refractivity contribution in [2.45, 2.75) is 32.3 Å². The summed E-state index contributed by atoms with van der Waals surface area (Å²) in [7, 11) is 0. The molecule has 0 aliphatic carbocycles. The Morgan fingerprint density at radius 1 is 1.12 bits per heavy atom. The van der Waals surface area contributed by atoms with Crippen LogP contribution in [0.4, 0.5) is 5.69 Å². The van der Waals surface area contributed by atoms with E-state index in [1.54, 1.807) is 24.3 Å². The van der Waals surface area contributed by atoms with E-state index in [1.807, 2.05) is 0 Å². The number of carbonyl (C=O) groups is 2. The molecule has 1 fully saturated rings. The molecule has 1 aromatic rings. The molecule has 90 valence electrons. The maximum absolute atomic E-state index is 11.9. The zero-order chi connectivity index (χ0) is 12.3. The van der Waals surface area contributed by atoms with Gasteiger partial charge in [-0.3, -0.25) is 14.5 Å². The van der Waals surface area contributed by atoms with Gasteiger partial charge in [0.25, 0.3) is 0 Å². The number of anilines is 1. The highest BCUT2D eigenvalue weighted by atomic mass is 16.3. The zero-order valence-corrected chi connectivity index (χ0v) is 9.56. The van der Waals surface area contributed by atoms with Gasteiger partial charge < -0.3 is 5.11 Å². The third-order valence-electron chi connectivity index (χ3n) is 2.88. The van der Waals surface area contributed by atoms with E-state index in [4.69, 9.17) is 5.11 Å². The van der Waals surface area contributed by atoms with Crippen molar-refractivity contribution in [2.24, 2.45) is 0 Å². The average Bonchev–Trinajstić information content (AvgIpc) is 2.51. The molecule has 17 heavy (non-hydrogen) atoms. The van der Waals surface area contributed by atoms with E-state index in [2.05, 4.69) is 0 Å². The van der Waals surface area contributed by atoms with Gasteiger partial charge in [-0.25, -0.2) is 0 Å². The lowest BCUT2D eigenvalue weighted by Gasteiger charge is -2.19. The lowest BCUT2D eigenvalue weighted by molar-refractivity contribution is -0.125. The highest BCUT2D eigenvalue weighted by Crippen LogP contribution is 2.22. The van der Waals surface area contributed by atoms with E-state index in [0.717, 1.165) is 12.8 Å². The molecule has 1 aliphatic heterocycles. The first-order valence-electron chi connectivity index (χ1n) is 5.78. The molecule has 1 aliphatic rings. The van der Waals surface area contributed by atoms with Crippen molar-refractivity contribution in [1.29, 1.82) is 0 Å². The van der Waals surface area contributed by atoms with E-state index in [1.165, 1.54) is 4.90 Å². The van der Waals surface area contributed by atoms with E-state index >= 15 is 0 Å². The van der Waals surface area contributed by atoms with Crippen LogP contribution in [0.2, 0.25) is 0 Å². The predicted octanol–water partition coefficient (Wildman–Crippen LogP) is 1.61. The molecule has 0 bridgehead atoms. The lowest BCUT2D eigenvalue weighted by Crippen LogP contribution is -2.35. The highest BCUT2D eigenvalue weighted by molar-refractivity contribution is 6.15. The Hall–Kier alpha value is -1.68. The van der Waals surface area contributed by atoms with Crippen LogP contribution in [0.3, 0.4) is 0 Å². The SMILES string of the molecule is O=C1CCCCC(=O)N1c1cccc(CO)c1. The average molecular weight is 233 g/mol. The quantitative estimate of drug-likeness (QED) is 0.789. The van der Waals surface area contributed by atoms with Gasteiger partial charge in [-0.05, 0) is 30.5 Å². The minimum absolute atomic E-state index is 0.0932. The lowest BCUT2D eigenvalue weighted by atomic mass is 10.2. The molecule has 4 heteroatoms. The molecule has 4 nitrogen and oxygen atoms in total. The van der Waals surface area contributed by atoms with Gasteiger partial charge in [0.05, 0.1) is 12.3 Å². The Morgan fingerprint density at radius 2 is 1.76 bits per heavy atom. The number of hydrogen-bond donors (Lipinski definition) is 1. The third kappa shape index (κ3) is 2.53. The molecule has 0 radical (unpaired) electrons. The second kappa shape index (κ2) is 5.10. The van der Waals surface area contributed by atoms with Crippen molar-refractivity contribution in [3.05, 3.63) is 29.8 Å². The van der Waals surface area contributed by atoms with Crippen molar-refractivity contribution in [3.8, 4) is 0 Å². The largest absolute Gasteiger partial charge is 0.392 e. The highest BCUT2D eigenvalue weighted by Gasteiger charge is 2.25. The summed E-state index contributed by atoms with van der Waals surface area (Å²) in [6.07, 6.45) is 2.35. The van der Waals surface area contributed by atoms with E-state index in [-0.39, 0.29) is 18.4 Å². The van der Waals surface area contributed by atoms with Gasteiger partial charge in [-0.15, -0.1) is 0 Å². The Labute approximate surface area is 99.9 Å². The summed E-state index contributed by atoms with van der Waals surface area (Å²) in [5, 5.41) is 9.06.